The number of likely N-dealkylation sites (tertiary alicyclic amines) is 1. The van der Waals surface area contributed by atoms with Gasteiger partial charge in [-0.1, -0.05) is 38.1 Å². The van der Waals surface area contributed by atoms with Crippen LogP contribution in [0.25, 0.3) is 0 Å². The molecule has 9 heteroatoms. The Hall–Kier alpha value is -2.78. The van der Waals surface area contributed by atoms with Crippen LogP contribution < -0.4 is 4.72 Å². The fraction of sp³-hybridized carbons (Fsp3) is 0.391. The minimum Gasteiger partial charge on any atom is -0.460 e. The highest BCUT2D eigenvalue weighted by Gasteiger charge is 2.31. The van der Waals surface area contributed by atoms with Crippen molar-refractivity contribution in [2.45, 2.75) is 44.2 Å². The summed E-state index contributed by atoms with van der Waals surface area (Å²) in [7, 11) is -4.25. The Balaban J connectivity index is 1.63. The SMILES string of the molecule is CC(C)[C@H](NS(=O)(=O)c1ccccc1F)C(=O)OCc1ccc(C(=O)N2CCCC2)cc1. The van der Waals surface area contributed by atoms with E-state index >= 15 is 0 Å². The second-order valence-electron chi connectivity index (χ2n) is 8.08. The summed E-state index contributed by atoms with van der Waals surface area (Å²) in [5, 5.41) is 0. The normalized spacial score (nSPS) is 15.1. The van der Waals surface area contributed by atoms with Crippen molar-refractivity contribution in [1.29, 1.82) is 0 Å². The number of benzene rings is 2. The van der Waals surface area contributed by atoms with E-state index in [0.717, 1.165) is 38.1 Å². The first kappa shape index (κ1) is 23.9. The van der Waals surface area contributed by atoms with E-state index in [2.05, 4.69) is 4.72 Å². The summed E-state index contributed by atoms with van der Waals surface area (Å²) in [6.07, 6.45) is 2.02. The number of esters is 1. The summed E-state index contributed by atoms with van der Waals surface area (Å²) in [6.45, 7) is 4.76. The first-order valence-electron chi connectivity index (χ1n) is 10.5. The highest BCUT2D eigenvalue weighted by atomic mass is 32.2. The van der Waals surface area contributed by atoms with Gasteiger partial charge in [-0.2, -0.15) is 4.72 Å². The van der Waals surface area contributed by atoms with Crippen LogP contribution in [-0.2, 0) is 26.2 Å². The van der Waals surface area contributed by atoms with E-state index in [4.69, 9.17) is 4.74 Å². The maximum atomic E-state index is 13.9. The van der Waals surface area contributed by atoms with Crippen LogP contribution in [-0.4, -0.2) is 44.3 Å². The Labute approximate surface area is 187 Å². The van der Waals surface area contributed by atoms with Gasteiger partial charge in [0.1, 0.15) is 23.4 Å². The monoisotopic (exact) mass is 462 g/mol. The van der Waals surface area contributed by atoms with Crippen LogP contribution in [0.3, 0.4) is 0 Å². The third-order valence-electron chi connectivity index (χ3n) is 5.30. The standard InChI is InChI=1S/C23H27FN2O5S/c1-16(2)21(25-32(29,30)20-8-4-3-7-19(20)24)23(28)31-15-17-9-11-18(12-10-17)22(27)26-13-5-6-14-26/h3-4,7-12,16,21,25H,5-6,13-15H2,1-2H3/t21-/m0/s1. The molecule has 0 aliphatic carbocycles. The van der Waals surface area contributed by atoms with Crippen LogP contribution in [0.5, 0.6) is 0 Å². The second-order valence-corrected chi connectivity index (χ2v) is 9.76. The summed E-state index contributed by atoms with van der Waals surface area (Å²) < 4.78 is 46.6. The maximum absolute atomic E-state index is 13.9. The van der Waals surface area contributed by atoms with Crippen molar-refractivity contribution >= 4 is 21.9 Å². The lowest BCUT2D eigenvalue weighted by atomic mass is 10.1. The highest BCUT2D eigenvalue weighted by Crippen LogP contribution is 2.17. The maximum Gasteiger partial charge on any atom is 0.324 e. The van der Waals surface area contributed by atoms with Gasteiger partial charge in [-0.3, -0.25) is 9.59 Å². The molecule has 1 atom stereocenters. The molecular formula is C23H27FN2O5S. The zero-order valence-electron chi connectivity index (χ0n) is 18.1. The molecule has 0 aromatic heterocycles. The molecule has 1 fully saturated rings. The lowest BCUT2D eigenvalue weighted by molar-refractivity contribution is -0.148. The number of ether oxygens (including phenoxy) is 1. The third kappa shape index (κ3) is 5.72. The van der Waals surface area contributed by atoms with Crippen molar-refractivity contribution in [1.82, 2.24) is 9.62 Å². The topological polar surface area (TPSA) is 92.8 Å². The van der Waals surface area contributed by atoms with Gasteiger partial charge in [0.2, 0.25) is 10.0 Å². The number of rotatable bonds is 8. The van der Waals surface area contributed by atoms with E-state index in [1.54, 1.807) is 38.1 Å². The molecule has 1 amide bonds. The van der Waals surface area contributed by atoms with Crippen molar-refractivity contribution in [2.24, 2.45) is 5.92 Å². The van der Waals surface area contributed by atoms with Crippen LogP contribution in [0.15, 0.2) is 53.4 Å². The number of hydrogen-bond donors (Lipinski definition) is 1. The van der Waals surface area contributed by atoms with Crippen LogP contribution in [0.4, 0.5) is 4.39 Å². The van der Waals surface area contributed by atoms with Crippen molar-refractivity contribution in [3.63, 3.8) is 0 Å². The Bertz CT molecular complexity index is 1060. The number of halogens is 1. The summed E-state index contributed by atoms with van der Waals surface area (Å²) in [5.74, 6) is -2.12. The summed E-state index contributed by atoms with van der Waals surface area (Å²) in [4.78, 5) is 26.3. The molecule has 1 aliphatic rings. The fourth-order valence-electron chi connectivity index (χ4n) is 3.44. The molecule has 2 aromatic carbocycles. The molecule has 3 rings (SSSR count). The van der Waals surface area contributed by atoms with Gasteiger partial charge >= 0.3 is 5.97 Å². The van der Waals surface area contributed by atoms with Crippen LogP contribution in [0.2, 0.25) is 0 Å². The second kappa shape index (κ2) is 10.2. The van der Waals surface area contributed by atoms with Crippen molar-refractivity contribution < 1.29 is 27.1 Å². The molecular weight excluding hydrogens is 435 g/mol. The molecule has 172 valence electrons. The van der Waals surface area contributed by atoms with Gasteiger partial charge in [-0.25, -0.2) is 12.8 Å². The molecule has 1 N–H and O–H groups in total. The Morgan fingerprint density at radius 1 is 1.06 bits per heavy atom. The fourth-order valence-corrected chi connectivity index (χ4v) is 4.85. The van der Waals surface area contributed by atoms with E-state index in [9.17, 15) is 22.4 Å². The molecule has 1 heterocycles. The molecule has 32 heavy (non-hydrogen) atoms. The zero-order chi connectivity index (χ0) is 23.3. The third-order valence-corrected chi connectivity index (χ3v) is 6.78. The average molecular weight is 463 g/mol. The first-order valence-corrected chi connectivity index (χ1v) is 12.0. The van der Waals surface area contributed by atoms with Crippen molar-refractivity contribution in [3.8, 4) is 0 Å². The molecule has 0 radical (unpaired) electrons. The molecule has 0 spiro atoms. The molecule has 0 unspecified atom stereocenters. The summed E-state index contributed by atoms with van der Waals surface area (Å²) in [5.41, 5.74) is 1.23. The van der Waals surface area contributed by atoms with Crippen LogP contribution in [0, 0.1) is 11.7 Å². The van der Waals surface area contributed by atoms with Gasteiger partial charge in [-0.05, 0) is 48.6 Å². The highest BCUT2D eigenvalue weighted by molar-refractivity contribution is 7.89. The van der Waals surface area contributed by atoms with Gasteiger partial charge in [0, 0.05) is 18.7 Å². The minimum absolute atomic E-state index is 0.0199. The Kier molecular flexibility index (Phi) is 7.63. The van der Waals surface area contributed by atoms with Gasteiger partial charge in [0.25, 0.3) is 5.91 Å². The molecule has 0 saturated carbocycles. The van der Waals surface area contributed by atoms with Crippen LogP contribution >= 0.6 is 0 Å². The van der Waals surface area contributed by atoms with Crippen LogP contribution in [0.1, 0.15) is 42.6 Å². The van der Waals surface area contributed by atoms with Gasteiger partial charge in [0.05, 0.1) is 0 Å². The smallest absolute Gasteiger partial charge is 0.324 e. The number of carbonyl (C=O) groups is 2. The molecule has 1 aliphatic heterocycles. The van der Waals surface area contributed by atoms with E-state index in [0.29, 0.717) is 11.1 Å². The largest absolute Gasteiger partial charge is 0.460 e. The lowest BCUT2D eigenvalue weighted by Crippen LogP contribution is -2.45. The Morgan fingerprint density at radius 3 is 2.28 bits per heavy atom. The van der Waals surface area contributed by atoms with Crippen molar-refractivity contribution in [3.05, 3.63) is 65.5 Å². The van der Waals surface area contributed by atoms with Gasteiger partial charge < -0.3 is 9.64 Å². The molecule has 2 aromatic rings. The van der Waals surface area contributed by atoms with E-state index in [1.165, 1.54) is 12.1 Å². The Morgan fingerprint density at radius 2 is 1.69 bits per heavy atom. The van der Waals surface area contributed by atoms with Crippen molar-refractivity contribution in [2.75, 3.05) is 13.1 Å². The minimum atomic E-state index is -4.25. The predicted octanol–water partition coefficient (Wildman–Crippen LogP) is 3.11. The quantitative estimate of drug-likeness (QED) is 0.609. The number of amides is 1. The van der Waals surface area contributed by atoms with E-state index < -0.39 is 38.7 Å². The summed E-state index contributed by atoms with van der Waals surface area (Å²) >= 11 is 0. The molecule has 0 bridgehead atoms. The average Bonchev–Trinajstić information content (AvgIpc) is 3.31. The predicted molar refractivity (Wildman–Crippen MR) is 117 cm³/mol. The van der Waals surface area contributed by atoms with Gasteiger partial charge in [-0.15, -0.1) is 0 Å². The number of sulfonamides is 1. The number of carbonyl (C=O) groups excluding carboxylic acids is 2. The van der Waals surface area contributed by atoms with E-state index in [-0.39, 0.29) is 12.5 Å². The molecule has 1 saturated heterocycles. The lowest BCUT2D eigenvalue weighted by Gasteiger charge is -2.21. The first-order chi connectivity index (χ1) is 15.2. The number of nitrogens with zero attached hydrogens (tertiary/aromatic N) is 1. The number of nitrogens with one attached hydrogen (secondary N) is 1. The number of hydrogen-bond acceptors (Lipinski definition) is 5. The van der Waals surface area contributed by atoms with Gasteiger partial charge in [0.15, 0.2) is 0 Å². The molecule has 7 nitrogen and oxygen atoms in total. The van der Waals surface area contributed by atoms with E-state index in [1.807, 2.05) is 4.90 Å². The zero-order valence-corrected chi connectivity index (χ0v) is 18.9. The summed E-state index contributed by atoms with van der Waals surface area (Å²) in [6, 6.07) is 10.5.